The molecule has 1 aliphatic heterocycles. The molecular formula is C17H17N5O. The van der Waals surface area contributed by atoms with Crippen molar-refractivity contribution in [1.82, 2.24) is 15.0 Å². The zero-order valence-corrected chi connectivity index (χ0v) is 12.7. The average molecular weight is 307 g/mol. The highest BCUT2D eigenvalue weighted by Crippen LogP contribution is 2.36. The van der Waals surface area contributed by atoms with Crippen LogP contribution in [-0.2, 0) is 12.8 Å². The summed E-state index contributed by atoms with van der Waals surface area (Å²) < 4.78 is 0. The highest BCUT2D eigenvalue weighted by molar-refractivity contribution is 5.60. The second-order valence-electron chi connectivity index (χ2n) is 6.28. The fourth-order valence-corrected chi connectivity index (χ4v) is 3.36. The standard InChI is InChI=1S/C17H17N5O/c18-8-7-17(23)10-22(11-17)16-12-4-3-6-13(12)20-15(21-16)14-5-1-2-9-19-14/h1-2,5,9,23H,3-4,6-7,10-11H2. The summed E-state index contributed by atoms with van der Waals surface area (Å²) in [5.74, 6) is 1.53. The fraction of sp³-hybridized carbons (Fsp3) is 0.412. The molecule has 116 valence electrons. The number of rotatable bonds is 3. The number of aliphatic hydroxyl groups is 1. The molecule has 6 heteroatoms. The Kier molecular flexibility index (Phi) is 3.24. The monoisotopic (exact) mass is 307 g/mol. The zero-order valence-electron chi connectivity index (χ0n) is 12.7. The summed E-state index contributed by atoms with van der Waals surface area (Å²) in [5, 5.41) is 19.1. The van der Waals surface area contributed by atoms with Crippen LogP contribution in [0.3, 0.4) is 0 Å². The molecule has 1 aliphatic carbocycles. The van der Waals surface area contributed by atoms with E-state index in [9.17, 15) is 5.11 Å². The van der Waals surface area contributed by atoms with E-state index < -0.39 is 5.60 Å². The van der Waals surface area contributed by atoms with Gasteiger partial charge in [0.1, 0.15) is 17.1 Å². The third-order valence-electron chi connectivity index (χ3n) is 4.48. The second kappa shape index (κ2) is 5.28. The molecule has 6 nitrogen and oxygen atoms in total. The average Bonchev–Trinajstić information content (AvgIpc) is 3.01. The molecule has 3 heterocycles. The van der Waals surface area contributed by atoms with Crippen LogP contribution in [0.5, 0.6) is 0 Å². The number of fused-ring (bicyclic) bond motifs is 1. The molecule has 0 radical (unpaired) electrons. The number of nitrogens with zero attached hydrogens (tertiary/aromatic N) is 5. The van der Waals surface area contributed by atoms with Crippen molar-refractivity contribution < 1.29 is 5.11 Å². The number of pyridine rings is 1. The predicted molar refractivity (Wildman–Crippen MR) is 84.7 cm³/mol. The highest BCUT2D eigenvalue weighted by atomic mass is 16.3. The van der Waals surface area contributed by atoms with E-state index in [0.29, 0.717) is 18.9 Å². The quantitative estimate of drug-likeness (QED) is 0.924. The molecule has 0 amide bonds. The third kappa shape index (κ3) is 2.43. The summed E-state index contributed by atoms with van der Waals surface area (Å²) >= 11 is 0. The Labute approximate surface area is 134 Å². The van der Waals surface area contributed by atoms with Crippen molar-refractivity contribution in [3.63, 3.8) is 0 Å². The molecule has 0 saturated carbocycles. The first-order valence-electron chi connectivity index (χ1n) is 7.84. The topological polar surface area (TPSA) is 85.9 Å². The van der Waals surface area contributed by atoms with Gasteiger partial charge in [0.2, 0.25) is 0 Å². The first-order chi connectivity index (χ1) is 11.2. The smallest absolute Gasteiger partial charge is 0.180 e. The molecule has 1 saturated heterocycles. The van der Waals surface area contributed by atoms with Crippen LogP contribution in [0.2, 0.25) is 0 Å². The molecule has 0 aromatic carbocycles. The molecule has 23 heavy (non-hydrogen) atoms. The maximum Gasteiger partial charge on any atom is 0.180 e. The van der Waals surface area contributed by atoms with Crippen molar-refractivity contribution in [3.8, 4) is 17.6 Å². The maximum absolute atomic E-state index is 10.3. The molecule has 0 unspecified atom stereocenters. The van der Waals surface area contributed by atoms with Gasteiger partial charge in [-0.3, -0.25) is 4.98 Å². The Bertz CT molecular complexity index is 778. The van der Waals surface area contributed by atoms with Crippen LogP contribution in [0.15, 0.2) is 24.4 Å². The van der Waals surface area contributed by atoms with Crippen molar-refractivity contribution in [2.45, 2.75) is 31.3 Å². The van der Waals surface area contributed by atoms with Gasteiger partial charge in [-0.05, 0) is 31.4 Å². The Morgan fingerprint density at radius 2 is 2.13 bits per heavy atom. The lowest BCUT2D eigenvalue weighted by atomic mass is 9.90. The Morgan fingerprint density at radius 1 is 1.26 bits per heavy atom. The lowest BCUT2D eigenvalue weighted by Gasteiger charge is -2.46. The van der Waals surface area contributed by atoms with E-state index in [1.54, 1.807) is 6.20 Å². The summed E-state index contributed by atoms with van der Waals surface area (Å²) in [7, 11) is 0. The highest BCUT2D eigenvalue weighted by Gasteiger charge is 2.43. The van der Waals surface area contributed by atoms with Crippen LogP contribution >= 0.6 is 0 Å². The second-order valence-corrected chi connectivity index (χ2v) is 6.28. The van der Waals surface area contributed by atoms with Gasteiger partial charge in [0.25, 0.3) is 0 Å². The van der Waals surface area contributed by atoms with Gasteiger partial charge in [-0.25, -0.2) is 9.97 Å². The number of β-amino-alcohol motifs (C(OH)–C–C–N with tert-alkyl or cyclic N) is 1. The number of hydrogen-bond acceptors (Lipinski definition) is 6. The van der Waals surface area contributed by atoms with E-state index in [1.807, 2.05) is 18.2 Å². The van der Waals surface area contributed by atoms with E-state index in [1.165, 1.54) is 5.56 Å². The maximum atomic E-state index is 10.3. The van der Waals surface area contributed by atoms with Crippen LogP contribution in [0.25, 0.3) is 11.5 Å². The van der Waals surface area contributed by atoms with Crippen LogP contribution in [-0.4, -0.2) is 38.7 Å². The molecular weight excluding hydrogens is 290 g/mol. The molecule has 0 spiro atoms. The number of aryl methyl sites for hydroxylation is 1. The van der Waals surface area contributed by atoms with Gasteiger partial charge >= 0.3 is 0 Å². The number of hydrogen-bond donors (Lipinski definition) is 1. The number of anilines is 1. The molecule has 1 fully saturated rings. The summed E-state index contributed by atoms with van der Waals surface area (Å²) in [4.78, 5) is 15.8. The van der Waals surface area contributed by atoms with Gasteiger partial charge in [-0.2, -0.15) is 5.26 Å². The Hall–Kier alpha value is -2.52. The minimum Gasteiger partial charge on any atom is -0.385 e. The normalized spacial score (nSPS) is 18.2. The van der Waals surface area contributed by atoms with E-state index in [2.05, 4.69) is 20.9 Å². The van der Waals surface area contributed by atoms with Crippen LogP contribution in [0, 0.1) is 11.3 Å². The third-order valence-corrected chi connectivity index (χ3v) is 4.48. The summed E-state index contributed by atoms with van der Waals surface area (Å²) in [5.41, 5.74) is 2.13. The molecule has 0 atom stereocenters. The molecule has 1 N–H and O–H groups in total. The van der Waals surface area contributed by atoms with Crippen molar-refractivity contribution in [2.24, 2.45) is 0 Å². The summed E-state index contributed by atoms with van der Waals surface area (Å²) in [6.45, 7) is 0.900. The fourth-order valence-electron chi connectivity index (χ4n) is 3.36. The minimum atomic E-state index is -0.906. The van der Waals surface area contributed by atoms with Gasteiger partial charge in [0, 0.05) is 17.5 Å². The number of aromatic nitrogens is 3. The molecule has 2 aromatic heterocycles. The molecule has 0 bridgehead atoms. The van der Waals surface area contributed by atoms with Gasteiger partial charge in [-0.15, -0.1) is 0 Å². The Balaban J connectivity index is 1.70. The molecule has 2 aliphatic rings. The van der Waals surface area contributed by atoms with Crippen molar-refractivity contribution in [3.05, 3.63) is 35.7 Å². The van der Waals surface area contributed by atoms with Crippen LogP contribution < -0.4 is 4.90 Å². The molecule has 2 aromatic rings. The predicted octanol–water partition coefficient (Wildman–Crippen LogP) is 1.49. The summed E-state index contributed by atoms with van der Waals surface area (Å²) in [6, 6.07) is 7.75. The molecule has 4 rings (SSSR count). The van der Waals surface area contributed by atoms with E-state index in [-0.39, 0.29) is 6.42 Å². The minimum absolute atomic E-state index is 0.157. The SMILES string of the molecule is N#CCC1(O)CN(c2nc(-c3ccccn3)nc3c2CCC3)C1. The number of nitriles is 1. The van der Waals surface area contributed by atoms with Gasteiger partial charge in [-0.1, -0.05) is 6.07 Å². The lowest BCUT2D eigenvalue weighted by Crippen LogP contribution is -2.62. The van der Waals surface area contributed by atoms with Crippen LogP contribution in [0.1, 0.15) is 24.1 Å². The first-order valence-corrected chi connectivity index (χ1v) is 7.84. The van der Waals surface area contributed by atoms with E-state index >= 15 is 0 Å². The van der Waals surface area contributed by atoms with Crippen molar-refractivity contribution in [1.29, 1.82) is 5.26 Å². The van der Waals surface area contributed by atoms with Gasteiger partial charge in [0.05, 0.1) is 25.6 Å². The van der Waals surface area contributed by atoms with Crippen molar-refractivity contribution >= 4 is 5.82 Å². The summed E-state index contributed by atoms with van der Waals surface area (Å²) in [6.07, 6.45) is 4.91. The van der Waals surface area contributed by atoms with Crippen LogP contribution in [0.4, 0.5) is 5.82 Å². The van der Waals surface area contributed by atoms with Gasteiger partial charge in [0.15, 0.2) is 5.82 Å². The first kappa shape index (κ1) is 14.1. The largest absolute Gasteiger partial charge is 0.385 e. The lowest BCUT2D eigenvalue weighted by molar-refractivity contribution is 0.0161. The van der Waals surface area contributed by atoms with Gasteiger partial charge < -0.3 is 10.0 Å². The van der Waals surface area contributed by atoms with E-state index in [0.717, 1.165) is 36.5 Å². The zero-order chi connectivity index (χ0) is 15.9. The van der Waals surface area contributed by atoms with Crippen molar-refractivity contribution in [2.75, 3.05) is 18.0 Å². The Morgan fingerprint density at radius 3 is 2.87 bits per heavy atom. The van der Waals surface area contributed by atoms with E-state index in [4.69, 9.17) is 10.2 Å².